The zero-order valence-corrected chi connectivity index (χ0v) is 10.5. The predicted octanol–water partition coefficient (Wildman–Crippen LogP) is 1.93. The van der Waals surface area contributed by atoms with Gasteiger partial charge in [0.25, 0.3) is 0 Å². The van der Waals surface area contributed by atoms with Crippen molar-refractivity contribution in [3.05, 3.63) is 29.8 Å². The second-order valence-electron chi connectivity index (χ2n) is 4.34. The van der Waals surface area contributed by atoms with E-state index in [4.69, 9.17) is 4.74 Å². The van der Waals surface area contributed by atoms with Gasteiger partial charge in [0.1, 0.15) is 5.75 Å². The normalized spacial score (nSPS) is 14.9. The molecule has 0 bridgehead atoms. The van der Waals surface area contributed by atoms with E-state index < -0.39 is 0 Å². The van der Waals surface area contributed by atoms with Crippen LogP contribution in [-0.4, -0.2) is 37.8 Å². The summed E-state index contributed by atoms with van der Waals surface area (Å²) in [7, 11) is 5.71. The van der Waals surface area contributed by atoms with E-state index in [1.54, 1.807) is 7.11 Å². The fourth-order valence-electron chi connectivity index (χ4n) is 2.06. The Hall–Kier alpha value is -1.06. The van der Waals surface area contributed by atoms with E-state index in [1.807, 2.05) is 39.2 Å². The summed E-state index contributed by atoms with van der Waals surface area (Å²) in [5, 5.41) is 9.28. The molecule has 0 aliphatic heterocycles. The highest BCUT2D eigenvalue weighted by Crippen LogP contribution is 2.28. The van der Waals surface area contributed by atoms with E-state index >= 15 is 0 Å². The van der Waals surface area contributed by atoms with Crippen LogP contribution in [0.4, 0.5) is 0 Å². The third kappa shape index (κ3) is 2.97. The van der Waals surface area contributed by atoms with Crippen LogP contribution in [0.1, 0.15) is 18.5 Å². The molecule has 3 nitrogen and oxygen atoms in total. The van der Waals surface area contributed by atoms with Crippen molar-refractivity contribution in [1.29, 1.82) is 0 Å². The molecular weight excluding hydrogens is 202 g/mol. The number of hydrogen-bond acceptors (Lipinski definition) is 3. The van der Waals surface area contributed by atoms with Gasteiger partial charge in [0, 0.05) is 12.6 Å². The molecule has 3 heteroatoms. The summed E-state index contributed by atoms with van der Waals surface area (Å²) in [4.78, 5) is 2.12. The van der Waals surface area contributed by atoms with Crippen LogP contribution in [0.3, 0.4) is 0 Å². The van der Waals surface area contributed by atoms with Crippen LogP contribution in [0, 0.1) is 5.92 Å². The van der Waals surface area contributed by atoms with Gasteiger partial charge in [0.05, 0.1) is 7.11 Å². The molecule has 0 spiro atoms. The second kappa shape index (κ2) is 5.87. The van der Waals surface area contributed by atoms with E-state index in [0.29, 0.717) is 0 Å². The molecule has 0 radical (unpaired) electrons. The average molecular weight is 223 g/mol. The Morgan fingerprint density at radius 3 is 2.56 bits per heavy atom. The molecule has 0 saturated heterocycles. The van der Waals surface area contributed by atoms with Crippen LogP contribution in [0.15, 0.2) is 24.3 Å². The van der Waals surface area contributed by atoms with Crippen molar-refractivity contribution >= 4 is 0 Å². The lowest BCUT2D eigenvalue weighted by Gasteiger charge is -2.29. The summed E-state index contributed by atoms with van der Waals surface area (Å²) in [5.41, 5.74) is 1.17. The van der Waals surface area contributed by atoms with Gasteiger partial charge in [-0.1, -0.05) is 19.1 Å². The molecule has 90 valence electrons. The molecule has 0 amide bonds. The molecule has 0 heterocycles. The van der Waals surface area contributed by atoms with Gasteiger partial charge in [0.15, 0.2) is 0 Å². The van der Waals surface area contributed by atoms with E-state index in [1.165, 1.54) is 5.56 Å². The lowest BCUT2D eigenvalue weighted by Crippen LogP contribution is -2.27. The Kier molecular flexibility index (Phi) is 4.77. The highest BCUT2D eigenvalue weighted by atomic mass is 16.5. The molecule has 0 aliphatic carbocycles. The van der Waals surface area contributed by atoms with Crippen molar-refractivity contribution in [2.45, 2.75) is 13.0 Å². The first kappa shape index (κ1) is 13.0. The van der Waals surface area contributed by atoms with E-state index in [2.05, 4.69) is 11.0 Å². The molecule has 0 aromatic heterocycles. The largest absolute Gasteiger partial charge is 0.497 e. The summed E-state index contributed by atoms with van der Waals surface area (Å²) in [6.07, 6.45) is 0. The molecular formula is C13H21NO2. The standard InChI is InChI=1S/C13H21NO2/c1-10(9-15)13(14(2)3)11-6-5-7-12(8-11)16-4/h5-8,10,13,15H,9H2,1-4H3. The Labute approximate surface area is 97.7 Å². The Morgan fingerprint density at radius 1 is 1.38 bits per heavy atom. The Bertz CT molecular complexity index is 325. The fraction of sp³-hybridized carbons (Fsp3) is 0.538. The smallest absolute Gasteiger partial charge is 0.119 e. The highest BCUT2D eigenvalue weighted by Gasteiger charge is 2.21. The maximum Gasteiger partial charge on any atom is 0.119 e. The number of rotatable bonds is 5. The molecule has 0 fully saturated rings. The minimum absolute atomic E-state index is 0.181. The SMILES string of the molecule is COc1cccc(C(C(C)CO)N(C)C)c1. The second-order valence-corrected chi connectivity index (χ2v) is 4.34. The van der Waals surface area contributed by atoms with Gasteiger partial charge in [-0.05, 0) is 37.7 Å². The quantitative estimate of drug-likeness (QED) is 0.828. The number of aliphatic hydroxyl groups is 1. The summed E-state index contributed by atoms with van der Waals surface area (Å²) in [5.74, 6) is 1.05. The minimum atomic E-state index is 0.181. The van der Waals surface area contributed by atoms with Crippen molar-refractivity contribution in [2.75, 3.05) is 27.8 Å². The van der Waals surface area contributed by atoms with E-state index in [0.717, 1.165) is 5.75 Å². The predicted molar refractivity (Wildman–Crippen MR) is 65.7 cm³/mol. The van der Waals surface area contributed by atoms with Gasteiger partial charge in [-0.3, -0.25) is 0 Å². The third-order valence-corrected chi connectivity index (χ3v) is 2.82. The first-order chi connectivity index (χ1) is 7.60. The maximum absolute atomic E-state index is 9.28. The van der Waals surface area contributed by atoms with Gasteiger partial charge in [-0.2, -0.15) is 0 Å². The van der Waals surface area contributed by atoms with Gasteiger partial charge < -0.3 is 14.7 Å². The molecule has 1 aromatic carbocycles. The Morgan fingerprint density at radius 2 is 2.06 bits per heavy atom. The van der Waals surface area contributed by atoms with Gasteiger partial charge in [-0.15, -0.1) is 0 Å². The van der Waals surface area contributed by atoms with Crippen molar-refractivity contribution < 1.29 is 9.84 Å². The highest BCUT2D eigenvalue weighted by molar-refractivity contribution is 5.30. The number of ether oxygens (including phenoxy) is 1. The number of aliphatic hydroxyl groups excluding tert-OH is 1. The fourth-order valence-corrected chi connectivity index (χ4v) is 2.06. The van der Waals surface area contributed by atoms with Gasteiger partial charge in [0.2, 0.25) is 0 Å². The van der Waals surface area contributed by atoms with Crippen LogP contribution in [0.5, 0.6) is 5.75 Å². The maximum atomic E-state index is 9.28. The first-order valence-corrected chi connectivity index (χ1v) is 5.51. The number of benzene rings is 1. The molecule has 1 N–H and O–H groups in total. The van der Waals surface area contributed by atoms with E-state index in [9.17, 15) is 5.11 Å². The number of methoxy groups -OCH3 is 1. The van der Waals surface area contributed by atoms with Crippen LogP contribution < -0.4 is 4.74 Å². The molecule has 2 atom stereocenters. The van der Waals surface area contributed by atoms with Gasteiger partial charge in [-0.25, -0.2) is 0 Å². The number of hydrogen-bond donors (Lipinski definition) is 1. The van der Waals surface area contributed by atoms with Gasteiger partial charge >= 0.3 is 0 Å². The minimum Gasteiger partial charge on any atom is -0.497 e. The summed E-state index contributed by atoms with van der Waals surface area (Å²) < 4.78 is 5.22. The van der Waals surface area contributed by atoms with E-state index in [-0.39, 0.29) is 18.6 Å². The average Bonchev–Trinajstić information content (AvgIpc) is 2.29. The molecule has 0 aliphatic rings. The zero-order chi connectivity index (χ0) is 12.1. The molecule has 2 unspecified atom stereocenters. The zero-order valence-electron chi connectivity index (χ0n) is 10.5. The monoisotopic (exact) mass is 223 g/mol. The van der Waals surface area contributed by atoms with Crippen LogP contribution in [0.2, 0.25) is 0 Å². The third-order valence-electron chi connectivity index (χ3n) is 2.82. The van der Waals surface area contributed by atoms with Crippen LogP contribution in [0.25, 0.3) is 0 Å². The molecule has 1 aromatic rings. The van der Waals surface area contributed by atoms with Crippen molar-refractivity contribution in [1.82, 2.24) is 4.90 Å². The summed E-state index contributed by atoms with van der Waals surface area (Å²) in [6, 6.07) is 8.21. The summed E-state index contributed by atoms with van der Waals surface area (Å²) >= 11 is 0. The first-order valence-electron chi connectivity index (χ1n) is 5.51. The van der Waals surface area contributed by atoms with Crippen molar-refractivity contribution in [3.63, 3.8) is 0 Å². The van der Waals surface area contributed by atoms with Crippen LogP contribution in [-0.2, 0) is 0 Å². The number of nitrogens with zero attached hydrogens (tertiary/aromatic N) is 1. The lowest BCUT2D eigenvalue weighted by molar-refractivity contribution is 0.145. The Balaban J connectivity index is 3.00. The van der Waals surface area contributed by atoms with Crippen molar-refractivity contribution in [2.24, 2.45) is 5.92 Å². The van der Waals surface area contributed by atoms with Crippen molar-refractivity contribution in [3.8, 4) is 5.75 Å². The molecule has 16 heavy (non-hydrogen) atoms. The molecule has 0 saturated carbocycles. The van der Waals surface area contributed by atoms with Crippen LogP contribution >= 0.6 is 0 Å². The topological polar surface area (TPSA) is 32.7 Å². The molecule has 1 rings (SSSR count). The lowest BCUT2D eigenvalue weighted by atomic mass is 9.94. The summed E-state index contributed by atoms with van der Waals surface area (Å²) in [6.45, 7) is 2.23.